The second-order valence-electron chi connectivity index (χ2n) is 5.46. The van der Waals surface area contributed by atoms with E-state index < -0.39 is 6.10 Å². The van der Waals surface area contributed by atoms with Gasteiger partial charge in [-0.25, -0.2) is 0 Å². The predicted octanol–water partition coefficient (Wildman–Crippen LogP) is 4.00. The first-order chi connectivity index (χ1) is 11.2. The Morgan fingerprint density at radius 3 is 2.17 bits per heavy atom. The second-order valence-corrected chi connectivity index (χ2v) is 5.89. The molecule has 0 saturated heterocycles. The molecule has 0 bridgehead atoms. The van der Waals surface area contributed by atoms with Crippen molar-refractivity contribution in [2.45, 2.75) is 12.1 Å². The number of nitrogens with one attached hydrogen (secondary N) is 1. The van der Waals surface area contributed by atoms with E-state index in [9.17, 15) is 5.11 Å². The van der Waals surface area contributed by atoms with Crippen LogP contribution in [-0.2, 0) is 0 Å². The Balaban J connectivity index is 1.80. The van der Waals surface area contributed by atoms with E-state index in [1.807, 2.05) is 48.5 Å². The van der Waals surface area contributed by atoms with E-state index in [1.165, 1.54) is 0 Å². The van der Waals surface area contributed by atoms with Crippen molar-refractivity contribution >= 4 is 17.3 Å². The molecular formula is C18H14ClN3O. The lowest BCUT2D eigenvalue weighted by atomic mass is 9.86. The third-order valence-electron chi connectivity index (χ3n) is 4.04. The number of hydrogen-bond acceptors (Lipinski definition) is 4. The van der Waals surface area contributed by atoms with Gasteiger partial charge in [-0.3, -0.25) is 9.97 Å². The monoisotopic (exact) mass is 323 g/mol. The largest absolute Gasteiger partial charge is 0.386 e. The number of nitrogens with zero attached hydrogens (tertiary/aromatic N) is 2. The number of aliphatic hydroxyl groups is 1. The first-order valence-corrected chi connectivity index (χ1v) is 7.72. The molecule has 5 heteroatoms. The number of halogens is 1. The minimum absolute atomic E-state index is 0.295. The topological polar surface area (TPSA) is 58.0 Å². The number of pyridine rings is 2. The summed E-state index contributed by atoms with van der Waals surface area (Å²) in [6, 6.07) is 14.7. The van der Waals surface area contributed by atoms with E-state index in [-0.39, 0.29) is 6.04 Å². The number of aliphatic hydroxyl groups excluding tert-OH is 1. The fourth-order valence-electron chi connectivity index (χ4n) is 2.95. The second kappa shape index (κ2) is 5.65. The summed E-state index contributed by atoms with van der Waals surface area (Å²) >= 11 is 5.94. The normalized spacial score (nSPS) is 18.9. The van der Waals surface area contributed by atoms with E-state index in [0.717, 1.165) is 28.2 Å². The van der Waals surface area contributed by atoms with Gasteiger partial charge in [-0.15, -0.1) is 0 Å². The summed E-state index contributed by atoms with van der Waals surface area (Å²) in [6.07, 6.45) is 2.76. The molecule has 0 aliphatic heterocycles. The van der Waals surface area contributed by atoms with Crippen LogP contribution in [0.4, 0.5) is 5.69 Å². The van der Waals surface area contributed by atoms with Gasteiger partial charge in [0.05, 0.1) is 17.4 Å². The Morgan fingerprint density at radius 2 is 1.48 bits per heavy atom. The first-order valence-electron chi connectivity index (χ1n) is 7.34. The van der Waals surface area contributed by atoms with Gasteiger partial charge in [0.2, 0.25) is 0 Å². The SMILES string of the molecule is OC1c2cccnc2-c2ncccc2C1Nc1ccc(Cl)cc1. The quantitative estimate of drug-likeness (QED) is 0.748. The lowest BCUT2D eigenvalue weighted by Gasteiger charge is -2.32. The molecule has 4 rings (SSSR count). The molecule has 3 aromatic rings. The zero-order chi connectivity index (χ0) is 15.8. The Bertz CT molecular complexity index is 851. The average Bonchev–Trinajstić information content (AvgIpc) is 2.60. The number of anilines is 1. The van der Waals surface area contributed by atoms with E-state index in [2.05, 4.69) is 15.3 Å². The van der Waals surface area contributed by atoms with Crippen LogP contribution < -0.4 is 5.32 Å². The van der Waals surface area contributed by atoms with Crippen molar-refractivity contribution in [3.63, 3.8) is 0 Å². The summed E-state index contributed by atoms with van der Waals surface area (Å²) in [5.74, 6) is 0. The summed E-state index contributed by atoms with van der Waals surface area (Å²) in [5.41, 5.74) is 4.15. The summed E-state index contributed by atoms with van der Waals surface area (Å²) in [5, 5.41) is 14.9. The maximum atomic E-state index is 10.8. The van der Waals surface area contributed by atoms with Crippen LogP contribution in [0.5, 0.6) is 0 Å². The lowest BCUT2D eigenvalue weighted by molar-refractivity contribution is 0.153. The molecule has 2 heterocycles. The van der Waals surface area contributed by atoms with Crippen molar-refractivity contribution in [2.24, 2.45) is 0 Å². The highest BCUT2D eigenvalue weighted by Gasteiger charge is 2.33. The van der Waals surface area contributed by atoms with E-state index >= 15 is 0 Å². The number of aromatic nitrogens is 2. The molecule has 23 heavy (non-hydrogen) atoms. The van der Waals surface area contributed by atoms with Gasteiger partial charge in [0.15, 0.2) is 0 Å². The third kappa shape index (κ3) is 2.46. The van der Waals surface area contributed by atoms with Crippen molar-refractivity contribution in [2.75, 3.05) is 5.32 Å². The lowest BCUT2D eigenvalue weighted by Crippen LogP contribution is -2.25. The molecular weight excluding hydrogens is 310 g/mol. The Kier molecular flexibility index (Phi) is 3.48. The fourth-order valence-corrected chi connectivity index (χ4v) is 3.08. The third-order valence-corrected chi connectivity index (χ3v) is 4.29. The van der Waals surface area contributed by atoms with Crippen LogP contribution in [-0.4, -0.2) is 15.1 Å². The molecule has 0 radical (unpaired) electrons. The molecule has 0 amide bonds. The van der Waals surface area contributed by atoms with Crippen LogP contribution in [0.2, 0.25) is 5.02 Å². The molecule has 2 unspecified atom stereocenters. The van der Waals surface area contributed by atoms with Crippen LogP contribution in [0.1, 0.15) is 23.3 Å². The summed E-state index contributed by atoms with van der Waals surface area (Å²) in [6.45, 7) is 0. The van der Waals surface area contributed by atoms with Crippen LogP contribution in [0.15, 0.2) is 60.9 Å². The smallest absolute Gasteiger partial charge is 0.105 e. The maximum absolute atomic E-state index is 10.8. The van der Waals surface area contributed by atoms with Gasteiger partial charge in [-0.2, -0.15) is 0 Å². The minimum atomic E-state index is -0.703. The van der Waals surface area contributed by atoms with Crippen LogP contribution >= 0.6 is 11.6 Å². The summed E-state index contributed by atoms with van der Waals surface area (Å²) < 4.78 is 0. The standard InChI is InChI=1S/C18H14ClN3O/c19-11-5-7-12(8-6-11)22-17-13-3-1-9-20-15(13)16-14(18(17)23)4-2-10-21-16/h1-10,17-18,22-23H. The molecule has 2 N–H and O–H groups in total. The Hall–Kier alpha value is -2.43. The highest BCUT2D eigenvalue weighted by molar-refractivity contribution is 6.30. The van der Waals surface area contributed by atoms with Crippen molar-refractivity contribution in [3.8, 4) is 11.4 Å². The predicted molar refractivity (Wildman–Crippen MR) is 90.2 cm³/mol. The maximum Gasteiger partial charge on any atom is 0.105 e. The number of fused-ring (bicyclic) bond motifs is 3. The molecule has 114 valence electrons. The molecule has 2 aromatic heterocycles. The Labute approximate surface area is 138 Å². The van der Waals surface area contributed by atoms with Gasteiger partial charge >= 0.3 is 0 Å². The summed E-state index contributed by atoms with van der Waals surface area (Å²) in [7, 11) is 0. The molecule has 4 nitrogen and oxygen atoms in total. The van der Waals surface area contributed by atoms with Gasteiger partial charge in [0.1, 0.15) is 6.10 Å². The molecule has 1 aromatic carbocycles. The average molecular weight is 324 g/mol. The molecule has 2 atom stereocenters. The van der Waals surface area contributed by atoms with Crippen LogP contribution in [0.3, 0.4) is 0 Å². The molecule has 0 spiro atoms. The van der Waals surface area contributed by atoms with Gasteiger partial charge < -0.3 is 10.4 Å². The van der Waals surface area contributed by atoms with Crippen molar-refractivity contribution in [1.29, 1.82) is 0 Å². The van der Waals surface area contributed by atoms with Crippen molar-refractivity contribution in [3.05, 3.63) is 77.1 Å². The first kappa shape index (κ1) is 14.2. The zero-order valence-electron chi connectivity index (χ0n) is 12.1. The number of hydrogen-bond donors (Lipinski definition) is 2. The van der Waals surface area contributed by atoms with Crippen LogP contribution in [0.25, 0.3) is 11.4 Å². The van der Waals surface area contributed by atoms with E-state index in [0.29, 0.717) is 5.02 Å². The van der Waals surface area contributed by atoms with Gasteiger partial charge in [0.25, 0.3) is 0 Å². The van der Waals surface area contributed by atoms with E-state index in [4.69, 9.17) is 11.6 Å². The highest BCUT2D eigenvalue weighted by Crippen LogP contribution is 2.43. The van der Waals surface area contributed by atoms with Gasteiger partial charge in [-0.1, -0.05) is 23.7 Å². The molecule has 0 saturated carbocycles. The van der Waals surface area contributed by atoms with Crippen molar-refractivity contribution in [1.82, 2.24) is 9.97 Å². The number of rotatable bonds is 2. The molecule has 0 fully saturated rings. The van der Waals surface area contributed by atoms with Crippen LogP contribution in [0, 0.1) is 0 Å². The van der Waals surface area contributed by atoms with E-state index in [1.54, 1.807) is 12.4 Å². The Morgan fingerprint density at radius 1 is 0.870 bits per heavy atom. The molecule has 1 aliphatic rings. The zero-order valence-corrected chi connectivity index (χ0v) is 12.9. The molecule has 1 aliphatic carbocycles. The van der Waals surface area contributed by atoms with Gasteiger partial charge in [0, 0.05) is 34.2 Å². The van der Waals surface area contributed by atoms with Gasteiger partial charge in [-0.05, 0) is 36.4 Å². The fraction of sp³-hybridized carbons (Fsp3) is 0.111. The highest BCUT2D eigenvalue weighted by atomic mass is 35.5. The minimum Gasteiger partial charge on any atom is -0.386 e. The summed E-state index contributed by atoms with van der Waals surface area (Å²) in [4.78, 5) is 8.86. The number of benzene rings is 1. The van der Waals surface area contributed by atoms with Crippen molar-refractivity contribution < 1.29 is 5.11 Å².